The van der Waals surface area contributed by atoms with Crippen LogP contribution in [-0.2, 0) is 26.2 Å². The Morgan fingerprint density at radius 1 is 1.03 bits per heavy atom. The monoisotopic (exact) mass is 499 g/mol. The van der Waals surface area contributed by atoms with E-state index in [1.807, 2.05) is 63.2 Å². The third-order valence-corrected chi connectivity index (χ3v) is 7.78. The molecular weight excluding hydrogens is 462 g/mol. The predicted molar refractivity (Wildman–Crippen MR) is 140 cm³/mol. The van der Waals surface area contributed by atoms with Gasteiger partial charge in [-0.3, -0.25) is 13.9 Å². The van der Waals surface area contributed by atoms with E-state index in [1.165, 1.54) is 4.90 Å². The second kappa shape index (κ2) is 11.2. The van der Waals surface area contributed by atoms with E-state index in [0.29, 0.717) is 5.69 Å². The molecule has 35 heavy (non-hydrogen) atoms. The SMILES string of the molecule is Cc1cccc(CN(C(=O)CN(c2c(C)cccc2C)S(C)(=O)=O)C(C)C(=O)NC2CCCC2)c1. The third kappa shape index (κ3) is 6.84. The van der Waals surface area contributed by atoms with Crippen LogP contribution in [0.25, 0.3) is 0 Å². The summed E-state index contributed by atoms with van der Waals surface area (Å²) in [6, 6.07) is 12.7. The van der Waals surface area contributed by atoms with E-state index in [4.69, 9.17) is 0 Å². The summed E-state index contributed by atoms with van der Waals surface area (Å²) in [5, 5.41) is 3.08. The Kier molecular flexibility index (Phi) is 8.59. The molecule has 0 heterocycles. The maximum Gasteiger partial charge on any atom is 0.244 e. The highest BCUT2D eigenvalue weighted by atomic mass is 32.2. The number of amides is 2. The molecule has 1 aliphatic rings. The fourth-order valence-corrected chi connectivity index (χ4v) is 5.72. The molecule has 2 aromatic rings. The summed E-state index contributed by atoms with van der Waals surface area (Å²) in [5.41, 5.74) is 3.96. The highest BCUT2D eigenvalue weighted by Gasteiger charge is 2.32. The molecule has 1 fully saturated rings. The van der Waals surface area contributed by atoms with Crippen molar-refractivity contribution in [3.05, 3.63) is 64.7 Å². The van der Waals surface area contributed by atoms with Gasteiger partial charge in [0.1, 0.15) is 12.6 Å². The largest absolute Gasteiger partial charge is 0.352 e. The van der Waals surface area contributed by atoms with Gasteiger partial charge in [0.25, 0.3) is 0 Å². The average molecular weight is 500 g/mol. The zero-order chi connectivity index (χ0) is 25.8. The lowest BCUT2D eigenvalue weighted by Crippen LogP contribution is -2.52. The Morgan fingerprint density at radius 2 is 1.63 bits per heavy atom. The Balaban J connectivity index is 1.92. The van der Waals surface area contributed by atoms with Gasteiger partial charge in [-0.05, 0) is 57.2 Å². The Hall–Kier alpha value is -2.87. The van der Waals surface area contributed by atoms with Crippen LogP contribution in [0.1, 0.15) is 54.9 Å². The molecule has 8 heteroatoms. The zero-order valence-electron chi connectivity index (χ0n) is 21.4. The summed E-state index contributed by atoms with van der Waals surface area (Å²) in [6.45, 7) is 7.17. The number of sulfonamides is 1. The molecule has 1 saturated carbocycles. The lowest BCUT2D eigenvalue weighted by molar-refractivity contribution is -0.139. The van der Waals surface area contributed by atoms with E-state index < -0.39 is 22.0 Å². The normalized spacial score (nSPS) is 15.0. The van der Waals surface area contributed by atoms with E-state index in [0.717, 1.165) is 58.5 Å². The van der Waals surface area contributed by atoms with Crippen molar-refractivity contribution in [2.24, 2.45) is 0 Å². The van der Waals surface area contributed by atoms with Gasteiger partial charge in [-0.25, -0.2) is 8.42 Å². The Labute approximate surface area is 209 Å². The predicted octanol–water partition coefficient (Wildman–Crippen LogP) is 3.85. The first-order chi connectivity index (χ1) is 16.5. The standard InChI is InChI=1S/C27H37N3O4S/c1-19-10-8-13-23(16-19)17-29(22(4)27(32)28-24-14-6-7-15-24)25(31)18-30(35(5,33)34)26-20(2)11-9-12-21(26)3/h8-13,16,22,24H,6-7,14-15,17-18H2,1-5H3,(H,28,32). The molecule has 2 aromatic carbocycles. The highest BCUT2D eigenvalue weighted by molar-refractivity contribution is 7.92. The second-order valence-electron chi connectivity index (χ2n) is 9.69. The number of rotatable bonds is 9. The number of hydrogen-bond acceptors (Lipinski definition) is 4. The van der Waals surface area contributed by atoms with Crippen molar-refractivity contribution < 1.29 is 18.0 Å². The third-order valence-electron chi connectivity index (χ3n) is 6.67. The Morgan fingerprint density at radius 3 is 2.20 bits per heavy atom. The number of carbonyl (C=O) groups excluding carboxylic acids is 2. The first-order valence-corrected chi connectivity index (χ1v) is 14.0. The van der Waals surface area contributed by atoms with Crippen molar-refractivity contribution in [3.63, 3.8) is 0 Å². The summed E-state index contributed by atoms with van der Waals surface area (Å²) in [7, 11) is -3.75. The van der Waals surface area contributed by atoms with Crippen molar-refractivity contribution >= 4 is 27.5 Å². The number of aryl methyl sites for hydroxylation is 3. The molecule has 0 bridgehead atoms. The van der Waals surface area contributed by atoms with E-state index in [1.54, 1.807) is 6.92 Å². The quantitative estimate of drug-likeness (QED) is 0.568. The van der Waals surface area contributed by atoms with Gasteiger partial charge in [0.2, 0.25) is 21.8 Å². The number of nitrogens with zero attached hydrogens (tertiary/aromatic N) is 2. The van der Waals surface area contributed by atoms with Gasteiger partial charge in [0.05, 0.1) is 11.9 Å². The molecular formula is C27H37N3O4S. The number of anilines is 1. The average Bonchev–Trinajstić information content (AvgIpc) is 3.28. The first kappa shape index (κ1) is 26.7. The molecule has 2 amide bonds. The van der Waals surface area contributed by atoms with E-state index >= 15 is 0 Å². The zero-order valence-corrected chi connectivity index (χ0v) is 22.2. The molecule has 0 radical (unpaired) electrons. The van der Waals surface area contributed by atoms with Crippen LogP contribution in [0.2, 0.25) is 0 Å². The maximum absolute atomic E-state index is 13.7. The number of nitrogens with one attached hydrogen (secondary N) is 1. The molecule has 0 aromatic heterocycles. The van der Waals surface area contributed by atoms with Crippen LogP contribution >= 0.6 is 0 Å². The minimum atomic E-state index is -3.75. The van der Waals surface area contributed by atoms with Crippen LogP contribution in [0, 0.1) is 20.8 Å². The number of carbonyl (C=O) groups is 2. The van der Waals surface area contributed by atoms with Crippen LogP contribution in [0.15, 0.2) is 42.5 Å². The molecule has 0 saturated heterocycles. The molecule has 1 N–H and O–H groups in total. The van der Waals surface area contributed by atoms with Gasteiger partial charge >= 0.3 is 0 Å². The lowest BCUT2D eigenvalue weighted by Gasteiger charge is -2.33. The molecule has 1 unspecified atom stereocenters. The minimum Gasteiger partial charge on any atom is -0.352 e. The molecule has 3 rings (SSSR count). The molecule has 7 nitrogen and oxygen atoms in total. The van der Waals surface area contributed by atoms with Crippen molar-refractivity contribution in [3.8, 4) is 0 Å². The lowest BCUT2D eigenvalue weighted by atomic mass is 10.1. The van der Waals surface area contributed by atoms with Crippen LogP contribution in [-0.4, -0.2) is 50.0 Å². The first-order valence-electron chi connectivity index (χ1n) is 12.2. The molecule has 1 aliphatic carbocycles. The maximum atomic E-state index is 13.7. The number of hydrogen-bond donors (Lipinski definition) is 1. The van der Waals surface area contributed by atoms with Crippen molar-refractivity contribution in [2.45, 2.75) is 72.0 Å². The van der Waals surface area contributed by atoms with Gasteiger partial charge in [-0.15, -0.1) is 0 Å². The van der Waals surface area contributed by atoms with Crippen molar-refractivity contribution in [1.29, 1.82) is 0 Å². The molecule has 0 spiro atoms. The van der Waals surface area contributed by atoms with E-state index in [9.17, 15) is 18.0 Å². The summed E-state index contributed by atoms with van der Waals surface area (Å²) >= 11 is 0. The summed E-state index contributed by atoms with van der Waals surface area (Å²) < 4.78 is 26.8. The highest BCUT2D eigenvalue weighted by Crippen LogP contribution is 2.27. The summed E-state index contributed by atoms with van der Waals surface area (Å²) in [4.78, 5) is 28.3. The van der Waals surface area contributed by atoms with Gasteiger partial charge in [0.15, 0.2) is 0 Å². The Bertz CT molecular complexity index is 1150. The van der Waals surface area contributed by atoms with Crippen LogP contribution in [0.3, 0.4) is 0 Å². The smallest absolute Gasteiger partial charge is 0.244 e. The van der Waals surface area contributed by atoms with Crippen LogP contribution in [0.4, 0.5) is 5.69 Å². The van der Waals surface area contributed by atoms with E-state index in [2.05, 4.69) is 5.32 Å². The molecule has 1 atom stereocenters. The van der Waals surface area contributed by atoms with Crippen molar-refractivity contribution in [2.75, 3.05) is 17.1 Å². The van der Waals surface area contributed by atoms with Crippen LogP contribution < -0.4 is 9.62 Å². The minimum absolute atomic E-state index is 0.128. The van der Waals surface area contributed by atoms with Crippen molar-refractivity contribution in [1.82, 2.24) is 10.2 Å². The molecule has 190 valence electrons. The van der Waals surface area contributed by atoms with E-state index in [-0.39, 0.29) is 25.0 Å². The second-order valence-corrected chi connectivity index (χ2v) is 11.6. The van der Waals surface area contributed by atoms with Gasteiger partial charge in [-0.1, -0.05) is 60.9 Å². The number of para-hydroxylation sites is 1. The van der Waals surface area contributed by atoms with Gasteiger partial charge in [0, 0.05) is 12.6 Å². The summed E-state index contributed by atoms with van der Waals surface area (Å²) in [6.07, 6.45) is 5.17. The van der Waals surface area contributed by atoms with Gasteiger partial charge < -0.3 is 10.2 Å². The molecule has 0 aliphatic heterocycles. The topological polar surface area (TPSA) is 86.8 Å². The summed E-state index contributed by atoms with van der Waals surface area (Å²) in [5.74, 6) is -0.635. The fraction of sp³-hybridized carbons (Fsp3) is 0.481. The van der Waals surface area contributed by atoms with Crippen LogP contribution in [0.5, 0.6) is 0 Å². The van der Waals surface area contributed by atoms with Gasteiger partial charge in [-0.2, -0.15) is 0 Å². The number of benzene rings is 2. The fourth-order valence-electron chi connectivity index (χ4n) is 4.76.